The van der Waals surface area contributed by atoms with Gasteiger partial charge in [-0.1, -0.05) is 32.6 Å². The molecule has 3 rings (SSSR count). The molecule has 2 unspecified atom stereocenters. The zero-order chi connectivity index (χ0) is 20.1. The van der Waals surface area contributed by atoms with E-state index < -0.39 is 0 Å². The highest BCUT2D eigenvalue weighted by Crippen LogP contribution is 2.31. The van der Waals surface area contributed by atoms with Crippen molar-refractivity contribution in [2.24, 2.45) is 10.9 Å². The van der Waals surface area contributed by atoms with E-state index in [4.69, 9.17) is 9.73 Å². The first kappa shape index (κ1) is 20.7. The molecule has 2 aliphatic rings. The molecule has 2 aliphatic heterocycles. The maximum atomic E-state index is 5.76. The molecule has 0 bridgehead atoms. The second-order valence-electron chi connectivity index (χ2n) is 8.18. The molecule has 0 aliphatic carbocycles. The fourth-order valence-corrected chi connectivity index (χ4v) is 3.77. The molecule has 1 fully saturated rings. The number of fused-ring (bicyclic) bond motifs is 1. The van der Waals surface area contributed by atoms with Crippen molar-refractivity contribution < 1.29 is 4.74 Å². The van der Waals surface area contributed by atoms with Crippen LogP contribution in [0.25, 0.3) is 0 Å². The van der Waals surface area contributed by atoms with E-state index in [0.717, 1.165) is 62.8 Å². The van der Waals surface area contributed by atoms with Gasteiger partial charge in [-0.05, 0) is 55.0 Å². The molecule has 0 saturated carbocycles. The Morgan fingerprint density at radius 1 is 1.25 bits per heavy atom. The van der Waals surface area contributed by atoms with Crippen LogP contribution in [0, 0.1) is 5.92 Å². The summed E-state index contributed by atoms with van der Waals surface area (Å²) < 4.78 is 5.76. The molecule has 1 aromatic rings. The quantitative estimate of drug-likeness (QED) is 0.633. The van der Waals surface area contributed by atoms with Crippen molar-refractivity contribution in [3.63, 3.8) is 0 Å². The lowest BCUT2D eigenvalue weighted by atomic mass is 10.0. The number of hydrogen-bond donors (Lipinski definition) is 0. The van der Waals surface area contributed by atoms with Gasteiger partial charge in [-0.15, -0.1) is 0 Å². The van der Waals surface area contributed by atoms with Crippen molar-refractivity contribution in [2.75, 3.05) is 32.8 Å². The number of nitrogens with zero attached hydrogens (tertiary/aromatic N) is 3. The van der Waals surface area contributed by atoms with Gasteiger partial charge in [0.1, 0.15) is 11.6 Å². The van der Waals surface area contributed by atoms with Crippen LogP contribution in [0.15, 0.2) is 47.2 Å². The van der Waals surface area contributed by atoms with E-state index >= 15 is 0 Å². The van der Waals surface area contributed by atoms with Gasteiger partial charge in [-0.2, -0.15) is 0 Å². The normalized spacial score (nSPS) is 20.1. The van der Waals surface area contributed by atoms with Gasteiger partial charge in [-0.3, -0.25) is 4.90 Å². The van der Waals surface area contributed by atoms with Crippen LogP contribution in [-0.2, 0) is 6.42 Å². The van der Waals surface area contributed by atoms with Crippen LogP contribution in [0.4, 0.5) is 0 Å². The molecule has 0 radical (unpaired) electrons. The molecular formula is C24H35N3O. The van der Waals surface area contributed by atoms with Crippen LogP contribution < -0.4 is 4.74 Å². The van der Waals surface area contributed by atoms with E-state index in [2.05, 4.69) is 61.4 Å². The highest BCUT2D eigenvalue weighted by Gasteiger charge is 2.24. The third kappa shape index (κ3) is 5.05. The number of aliphatic imine (C=N–C) groups is 1. The van der Waals surface area contributed by atoms with Crippen molar-refractivity contribution in [2.45, 2.75) is 46.6 Å². The average molecular weight is 382 g/mol. The summed E-state index contributed by atoms with van der Waals surface area (Å²) in [5, 5.41) is 0. The first-order valence-electron chi connectivity index (χ1n) is 10.6. The van der Waals surface area contributed by atoms with Gasteiger partial charge in [0, 0.05) is 44.9 Å². The van der Waals surface area contributed by atoms with E-state index in [1.165, 1.54) is 11.1 Å². The second kappa shape index (κ2) is 9.42. The minimum atomic E-state index is 0.401. The van der Waals surface area contributed by atoms with Gasteiger partial charge in [0.2, 0.25) is 0 Å². The maximum absolute atomic E-state index is 5.76. The molecule has 0 spiro atoms. The van der Waals surface area contributed by atoms with Gasteiger partial charge in [0.05, 0.1) is 6.61 Å². The number of benzene rings is 1. The van der Waals surface area contributed by atoms with Gasteiger partial charge in [0.15, 0.2) is 0 Å². The van der Waals surface area contributed by atoms with E-state index in [-0.39, 0.29) is 0 Å². The topological polar surface area (TPSA) is 28.1 Å². The maximum Gasteiger partial charge on any atom is 0.124 e. The van der Waals surface area contributed by atoms with E-state index in [9.17, 15) is 0 Å². The standard InChI is InChI=1S/C24H35N3O/c1-6-19(4)15-24(25-17-18(2)3)27-12-10-26(11-13-27)20(5)22-8-7-21-9-14-28-23(21)16-22/h7-8,15-17,19-20H,2,6,9-14H2,1,3-5H3/b24-15+,25-17?. The lowest BCUT2D eigenvalue weighted by molar-refractivity contribution is 0.121. The van der Waals surface area contributed by atoms with Crippen LogP contribution in [0.3, 0.4) is 0 Å². The number of hydrogen-bond acceptors (Lipinski definition) is 4. The fourth-order valence-electron chi connectivity index (χ4n) is 3.77. The van der Waals surface area contributed by atoms with Crippen LogP contribution in [-0.4, -0.2) is 48.8 Å². The third-order valence-electron chi connectivity index (χ3n) is 5.88. The largest absolute Gasteiger partial charge is 0.493 e. The first-order valence-corrected chi connectivity index (χ1v) is 10.6. The van der Waals surface area contributed by atoms with Gasteiger partial charge < -0.3 is 9.64 Å². The van der Waals surface area contributed by atoms with Gasteiger partial charge in [0.25, 0.3) is 0 Å². The summed E-state index contributed by atoms with van der Waals surface area (Å²) in [7, 11) is 0. The summed E-state index contributed by atoms with van der Waals surface area (Å²) in [4.78, 5) is 9.71. The predicted molar refractivity (Wildman–Crippen MR) is 118 cm³/mol. The number of rotatable bonds is 7. The number of piperazine rings is 1. The molecule has 152 valence electrons. The first-order chi connectivity index (χ1) is 13.5. The molecule has 4 nitrogen and oxygen atoms in total. The second-order valence-corrected chi connectivity index (χ2v) is 8.18. The highest BCUT2D eigenvalue weighted by molar-refractivity contribution is 5.77. The summed E-state index contributed by atoms with van der Waals surface area (Å²) in [6.07, 6.45) is 6.35. The zero-order valence-corrected chi connectivity index (χ0v) is 17.9. The van der Waals surface area contributed by atoms with Crippen molar-refractivity contribution in [1.29, 1.82) is 0 Å². The van der Waals surface area contributed by atoms with E-state index in [0.29, 0.717) is 12.0 Å². The molecule has 0 N–H and O–H groups in total. The highest BCUT2D eigenvalue weighted by atomic mass is 16.5. The Morgan fingerprint density at radius 2 is 2.00 bits per heavy atom. The Labute approximate surface area is 170 Å². The van der Waals surface area contributed by atoms with Crippen molar-refractivity contribution >= 4 is 6.21 Å². The third-order valence-corrected chi connectivity index (χ3v) is 5.88. The van der Waals surface area contributed by atoms with Crippen LogP contribution in [0.2, 0.25) is 0 Å². The molecule has 0 amide bonds. The average Bonchev–Trinajstić information content (AvgIpc) is 3.18. The predicted octanol–water partition coefficient (Wildman–Crippen LogP) is 4.83. The summed E-state index contributed by atoms with van der Waals surface area (Å²) in [5.41, 5.74) is 3.68. The molecule has 2 heterocycles. The summed E-state index contributed by atoms with van der Waals surface area (Å²) in [6, 6.07) is 7.15. The monoisotopic (exact) mass is 381 g/mol. The minimum absolute atomic E-state index is 0.401. The molecule has 2 atom stereocenters. The molecule has 4 heteroatoms. The summed E-state index contributed by atoms with van der Waals surface area (Å²) >= 11 is 0. The van der Waals surface area contributed by atoms with Crippen LogP contribution >= 0.6 is 0 Å². The SMILES string of the molecule is C=C(C)C=N/C(=C\C(C)CC)N1CCN(C(C)c2ccc3c(c2)OCC3)CC1. The Kier molecular flexibility index (Phi) is 6.95. The van der Waals surface area contributed by atoms with E-state index in [1.54, 1.807) is 0 Å². The summed E-state index contributed by atoms with van der Waals surface area (Å²) in [5.74, 6) is 2.70. The lowest BCUT2D eigenvalue weighted by Crippen LogP contribution is -2.46. The van der Waals surface area contributed by atoms with Crippen molar-refractivity contribution in [3.05, 3.63) is 53.4 Å². The Morgan fingerprint density at radius 3 is 2.68 bits per heavy atom. The Balaban J connectivity index is 1.65. The van der Waals surface area contributed by atoms with Gasteiger partial charge in [-0.25, -0.2) is 4.99 Å². The zero-order valence-electron chi connectivity index (χ0n) is 17.9. The Bertz CT molecular complexity index is 744. The Hall–Kier alpha value is -2.07. The summed E-state index contributed by atoms with van der Waals surface area (Å²) in [6.45, 7) is 17.6. The smallest absolute Gasteiger partial charge is 0.124 e. The van der Waals surface area contributed by atoms with Gasteiger partial charge >= 0.3 is 0 Å². The lowest BCUT2D eigenvalue weighted by Gasteiger charge is -2.39. The molecule has 1 aromatic carbocycles. The molecule has 0 aromatic heterocycles. The van der Waals surface area contributed by atoms with Crippen LogP contribution in [0.1, 0.15) is 51.3 Å². The fraction of sp³-hybridized carbons (Fsp3) is 0.542. The molecular weight excluding hydrogens is 346 g/mol. The van der Waals surface area contributed by atoms with Crippen molar-refractivity contribution in [3.8, 4) is 5.75 Å². The van der Waals surface area contributed by atoms with E-state index in [1.807, 2.05) is 13.1 Å². The number of allylic oxidation sites excluding steroid dienone is 2. The molecule has 28 heavy (non-hydrogen) atoms. The minimum Gasteiger partial charge on any atom is -0.493 e. The number of ether oxygens (including phenoxy) is 1. The van der Waals surface area contributed by atoms with Crippen LogP contribution in [0.5, 0.6) is 5.75 Å². The molecule has 1 saturated heterocycles. The van der Waals surface area contributed by atoms with Crippen molar-refractivity contribution in [1.82, 2.24) is 9.80 Å².